The molecule has 1 saturated heterocycles. The summed E-state index contributed by atoms with van der Waals surface area (Å²) in [5.41, 5.74) is 8.85. The molecule has 0 amide bonds. The number of aryl methyl sites for hydroxylation is 1. The smallest absolute Gasteiger partial charge is 0.0473 e. The van der Waals surface area contributed by atoms with Crippen molar-refractivity contribution < 1.29 is 0 Å². The predicted molar refractivity (Wildman–Crippen MR) is 80.0 cm³/mol. The molecular weight excluding hydrogens is 232 g/mol. The Morgan fingerprint density at radius 1 is 1.16 bits per heavy atom. The number of piperidine rings is 1. The second kappa shape index (κ2) is 5.64. The number of nitrogens with zero attached hydrogens (tertiary/aromatic N) is 1. The van der Waals surface area contributed by atoms with Crippen LogP contribution in [0.5, 0.6) is 0 Å². The lowest BCUT2D eigenvalue weighted by molar-refractivity contribution is 0.0701. The van der Waals surface area contributed by atoms with Crippen molar-refractivity contribution in [1.82, 2.24) is 4.90 Å². The lowest BCUT2D eigenvalue weighted by atomic mass is 9.89. The van der Waals surface area contributed by atoms with E-state index in [9.17, 15) is 0 Å². The molecule has 104 valence electrons. The summed E-state index contributed by atoms with van der Waals surface area (Å²) in [5.74, 6) is 0.938. The van der Waals surface area contributed by atoms with Gasteiger partial charge in [-0.15, -0.1) is 0 Å². The molecule has 1 aromatic rings. The summed E-state index contributed by atoms with van der Waals surface area (Å²) in [6, 6.07) is 10.2. The summed E-state index contributed by atoms with van der Waals surface area (Å²) in [5, 5.41) is 0. The Hall–Kier alpha value is -0.860. The molecule has 2 heteroatoms. The van der Waals surface area contributed by atoms with Gasteiger partial charge in [-0.1, -0.05) is 36.2 Å². The van der Waals surface area contributed by atoms with Gasteiger partial charge < -0.3 is 5.73 Å². The molecule has 0 bridgehead atoms. The molecule has 2 aliphatic rings. The van der Waals surface area contributed by atoms with Crippen molar-refractivity contribution in [1.29, 1.82) is 0 Å². The van der Waals surface area contributed by atoms with Crippen LogP contribution in [0.15, 0.2) is 24.3 Å². The summed E-state index contributed by atoms with van der Waals surface area (Å²) < 4.78 is 0. The first-order valence-corrected chi connectivity index (χ1v) is 7.82. The third-order valence-electron chi connectivity index (χ3n) is 5.12. The van der Waals surface area contributed by atoms with Crippen LogP contribution >= 0.6 is 0 Å². The first kappa shape index (κ1) is 13.1. The Kier molecular flexibility index (Phi) is 3.90. The van der Waals surface area contributed by atoms with E-state index in [1.54, 1.807) is 0 Å². The average Bonchev–Trinajstić information content (AvgIpc) is 2.91. The van der Waals surface area contributed by atoms with Gasteiger partial charge >= 0.3 is 0 Å². The predicted octanol–water partition coefficient (Wildman–Crippen LogP) is 3.26. The van der Waals surface area contributed by atoms with Gasteiger partial charge in [0, 0.05) is 18.6 Å². The second-order valence-electron chi connectivity index (χ2n) is 6.30. The maximum Gasteiger partial charge on any atom is 0.0473 e. The molecule has 0 radical (unpaired) electrons. The average molecular weight is 258 g/mol. The van der Waals surface area contributed by atoms with Crippen molar-refractivity contribution in [2.45, 2.75) is 51.1 Å². The van der Waals surface area contributed by atoms with Crippen LogP contribution in [0, 0.1) is 12.8 Å². The molecule has 3 unspecified atom stereocenters. The molecule has 2 N–H and O–H groups in total. The van der Waals surface area contributed by atoms with E-state index < -0.39 is 0 Å². The number of benzene rings is 1. The van der Waals surface area contributed by atoms with E-state index in [2.05, 4.69) is 36.1 Å². The van der Waals surface area contributed by atoms with E-state index in [0.29, 0.717) is 6.04 Å². The second-order valence-corrected chi connectivity index (χ2v) is 6.30. The van der Waals surface area contributed by atoms with Crippen LogP contribution in [0.4, 0.5) is 0 Å². The SMILES string of the molecule is Cc1ccc(C(CN)N2CCCC3CCCC32)cc1. The van der Waals surface area contributed by atoms with Gasteiger partial charge in [0.05, 0.1) is 0 Å². The lowest BCUT2D eigenvalue weighted by Gasteiger charge is -2.42. The zero-order valence-corrected chi connectivity index (χ0v) is 12.0. The summed E-state index contributed by atoms with van der Waals surface area (Å²) in [6.45, 7) is 4.12. The Labute approximate surface area is 117 Å². The fraction of sp³-hybridized carbons (Fsp3) is 0.647. The van der Waals surface area contributed by atoms with E-state index in [0.717, 1.165) is 18.5 Å². The molecule has 1 aromatic carbocycles. The fourth-order valence-corrected chi connectivity index (χ4v) is 4.13. The Morgan fingerprint density at radius 2 is 1.89 bits per heavy atom. The van der Waals surface area contributed by atoms with E-state index in [4.69, 9.17) is 5.73 Å². The highest BCUT2D eigenvalue weighted by molar-refractivity contribution is 5.25. The van der Waals surface area contributed by atoms with Crippen LogP contribution < -0.4 is 5.73 Å². The number of likely N-dealkylation sites (tertiary alicyclic amines) is 1. The zero-order valence-electron chi connectivity index (χ0n) is 12.0. The molecule has 3 atom stereocenters. The minimum Gasteiger partial charge on any atom is -0.329 e. The molecule has 0 aromatic heterocycles. The maximum atomic E-state index is 6.11. The first-order valence-electron chi connectivity index (χ1n) is 7.82. The maximum absolute atomic E-state index is 6.11. The van der Waals surface area contributed by atoms with Gasteiger partial charge in [0.1, 0.15) is 0 Å². The zero-order chi connectivity index (χ0) is 13.2. The van der Waals surface area contributed by atoms with Crippen LogP contribution in [0.1, 0.15) is 49.3 Å². The van der Waals surface area contributed by atoms with Gasteiger partial charge in [-0.25, -0.2) is 0 Å². The van der Waals surface area contributed by atoms with Crippen molar-refractivity contribution in [3.05, 3.63) is 35.4 Å². The molecule has 0 spiro atoms. The summed E-state index contributed by atoms with van der Waals surface area (Å²) in [6.07, 6.45) is 7.02. The van der Waals surface area contributed by atoms with Crippen molar-refractivity contribution in [2.75, 3.05) is 13.1 Å². The van der Waals surface area contributed by atoms with E-state index in [-0.39, 0.29) is 0 Å². The van der Waals surface area contributed by atoms with Crippen LogP contribution in [0.3, 0.4) is 0 Å². The standard InChI is InChI=1S/C17H26N2/c1-13-7-9-15(10-8-13)17(12-18)19-11-3-5-14-4-2-6-16(14)19/h7-10,14,16-17H,2-6,11-12,18H2,1H3. The van der Waals surface area contributed by atoms with Gasteiger partial charge in [-0.3, -0.25) is 4.90 Å². The molecule has 1 heterocycles. The van der Waals surface area contributed by atoms with E-state index in [1.807, 2.05) is 0 Å². The molecule has 1 aliphatic heterocycles. The van der Waals surface area contributed by atoms with Crippen molar-refractivity contribution in [3.63, 3.8) is 0 Å². The first-order chi connectivity index (χ1) is 9.29. The summed E-state index contributed by atoms with van der Waals surface area (Å²) in [7, 11) is 0. The van der Waals surface area contributed by atoms with E-state index >= 15 is 0 Å². The quantitative estimate of drug-likeness (QED) is 0.901. The summed E-state index contributed by atoms with van der Waals surface area (Å²) in [4.78, 5) is 2.71. The number of hydrogen-bond donors (Lipinski definition) is 1. The molecule has 19 heavy (non-hydrogen) atoms. The molecular formula is C17H26N2. The van der Waals surface area contributed by atoms with E-state index in [1.165, 1.54) is 49.8 Å². The normalized spacial score (nSPS) is 29.2. The van der Waals surface area contributed by atoms with Gasteiger partial charge in [0.15, 0.2) is 0 Å². The number of hydrogen-bond acceptors (Lipinski definition) is 2. The highest BCUT2D eigenvalue weighted by Crippen LogP contribution is 2.40. The molecule has 2 fully saturated rings. The third-order valence-corrected chi connectivity index (χ3v) is 5.12. The number of rotatable bonds is 3. The summed E-state index contributed by atoms with van der Waals surface area (Å²) >= 11 is 0. The highest BCUT2D eigenvalue weighted by Gasteiger charge is 2.38. The topological polar surface area (TPSA) is 29.3 Å². The Bertz CT molecular complexity index is 412. The minimum absolute atomic E-state index is 0.423. The fourth-order valence-electron chi connectivity index (χ4n) is 4.13. The monoisotopic (exact) mass is 258 g/mol. The van der Waals surface area contributed by atoms with Crippen molar-refractivity contribution in [2.24, 2.45) is 11.7 Å². The third kappa shape index (κ3) is 2.56. The molecule has 3 rings (SSSR count). The van der Waals surface area contributed by atoms with Crippen molar-refractivity contribution >= 4 is 0 Å². The Balaban J connectivity index is 1.82. The van der Waals surface area contributed by atoms with Gasteiger partial charge in [0.25, 0.3) is 0 Å². The minimum atomic E-state index is 0.423. The Morgan fingerprint density at radius 3 is 2.63 bits per heavy atom. The number of fused-ring (bicyclic) bond motifs is 1. The van der Waals surface area contributed by atoms with Crippen LogP contribution in [-0.4, -0.2) is 24.0 Å². The molecule has 1 saturated carbocycles. The highest BCUT2D eigenvalue weighted by atomic mass is 15.2. The van der Waals surface area contributed by atoms with Gasteiger partial charge in [0.2, 0.25) is 0 Å². The van der Waals surface area contributed by atoms with Gasteiger partial charge in [-0.2, -0.15) is 0 Å². The van der Waals surface area contributed by atoms with Crippen molar-refractivity contribution in [3.8, 4) is 0 Å². The lowest BCUT2D eigenvalue weighted by Crippen LogP contribution is -2.46. The van der Waals surface area contributed by atoms with Crippen LogP contribution in [-0.2, 0) is 0 Å². The molecule has 2 nitrogen and oxygen atoms in total. The van der Waals surface area contributed by atoms with Crippen LogP contribution in [0.2, 0.25) is 0 Å². The van der Waals surface area contributed by atoms with Crippen LogP contribution in [0.25, 0.3) is 0 Å². The number of nitrogens with two attached hydrogens (primary N) is 1. The van der Waals surface area contributed by atoms with Gasteiger partial charge in [-0.05, 0) is 50.6 Å². The molecule has 1 aliphatic carbocycles. The largest absolute Gasteiger partial charge is 0.329 e.